The maximum atomic E-state index is 13.3. The molecule has 0 spiro atoms. The Hall–Kier alpha value is -3.46. The number of hydrogen-bond donors (Lipinski definition) is 0. The summed E-state index contributed by atoms with van der Waals surface area (Å²) < 4.78 is 25.2. The SMILES string of the molecule is CC(=O)N1c2ccc(-c3ccc(S(C)(=O)=O)cc3)cc2N(C(=O)c2cn(C)cn2)C[C@@H]1C. The molecule has 0 unspecified atom stereocenters. The second-order valence-corrected chi connectivity index (χ2v) is 10.1. The van der Waals surface area contributed by atoms with E-state index in [1.54, 1.807) is 58.2 Å². The summed E-state index contributed by atoms with van der Waals surface area (Å²) in [5.74, 6) is -0.347. The highest BCUT2D eigenvalue weighted by atomic mass is 32.2. The van der Waals surface area contributed by atoms with Gasteiger partial charge >= 0.3 is 0 Å². The molecule has 1 atom stereocenters. The van der Waals surface area contributed by atoms with Gasteiger partial charge in [0.2, 0.25) is 5.91 Å². The van der Waals surface area contributed by atoms with E-state index in [9.17, 15) is 18.0 Å². The lowest BCUT2D eigenvalue weighted by atomic mass is 10.0. The number of sulfone groups is 1. The molecule has 0 radical (unpaired) electrons. The van der Waals surface area contributed by atoms with Gasteiger partial charge < -0.3 is 14.4 Å². The molecular formula is C23H24N4O4S. The fraction of sp³-hybridized carbons (Fsp3) is 0.261. The van der Waals surface area contributed by atoms with Crippen LogP contribution in [-0.4, -0.2) is 48.6 Å². The molecule has 8 nitrogen and oxygen atoms in total. The molecule has 9 heteroatoms. The van der Waals surface area contributed by atoms with Crippen LogP contribution in [0.15, 0.2) is 59.9 Å². The number of amides is 2. The van der Waals surface area contributed by atoms with Gasteiger partial charge in [-0.3, -0.25) is 9.59 Å². The molecule has 166 valence electrons. The van der Waals surface area contributed by atoms with E-state index in [0.29, 0.717) is 23.6 Å². The fourth-order valence-electron chi connectivity index (χ4n) is 4.03. The number of aryl methyl sites for hydroxylation is 1. The highest BCUT2D eigenvalue weighted by Gasteiger charge is 2.34. The number of aromatic nitrogens is 2. The van der Waals surface area contributed by atoms with E-state index < -0.39 is 9.84 Å². The Bertz CT molecular complexity index is 1310. The lowest BCUT2D eigenvalue weighted by molar-refractivity contribution is -0.117. The quantitative estimate of drug-likeness (QED) is 0.609. The first-order chi connectivity index (χ1) is 15.1. The third-order valence-electron chi connectivity index (χ3n) is 5.54. The molecule has 2 amide bonds. The normalized spacial score (nSPS) is 16.1. The molecule has 4 rings (SSSR count). The number of nitrogens with zero attached hydrogens (tertiary/aromatic N) is 4. The molecular weight excluding hydrogens is 428 g/mol. The lowest BCUT2D eigenvalue weighted by Gasteiger charge is -2.40. The van der Waals surface area contributed by atoms with Crippen molar-refractivity contribution in [2.45, 2.75) is 24.8 Å². The van der Waals surface area contributed by atoms with Crippen molar-refractivity contribution >= 4 is 33.0 Å². The van der Waals surface area contributed by atoms with Crippen LogP contribution >= 0.6 is 0 Å². The molecule has 1 aliphatic rings. The standard InChI is InChI=1S/C23H24N4O4S/c1-15-12-26(23(29)20-13-25(3)14-24-20)22-11-18(7-10-21(22)27(15)16(2)28)17-5-8-19(9-6-17)32(4,30)31/h5-11,13-15H,12H2,1-4H3/t15-/m0/s1. The van der Waals surface area contributed by atoms with Crippen molar-refractivity contribution in [2.75, 3.05) is 22.6 Å². The van der Waals surface area contributed by atoms with Crippen LogP contribution in [0.2, 0.25) is 0 Å². The van der Waals surface area contributed by atoms with Crippen molar-refractivity contribution in [3.8, 4) is 11.1 Å². The zero-order valence-electron chi connectivity index (χ0n) is 18.3. The first kappa shape index (κ1) is 21.8. The van der Waals surface area contributed by atoms with Crippen LogP contribution in [0.4, 0.5) is 11.4 Å². The van der Waals surface area contributed by atoms with Crippen LogP contribution in [0, 0.1) is 0 Å². The van der Waals surface area contributed by atoms with E-state index in [1.807, 2.05) is 25.1 Å². The first-order valence-electron chi connectivity index (χ1n) is 10.1. The van der Waals surface area contributed by atoms with Gasteiger partial charge in [0.1, 0.15) is 5.69 Å². The average Bonchev–Trinajstić information content (AvgIpc) is 3.17. The monoisotopic (exact) mass is 452 g/mol. The number of fused-ring (bicyclic) bond motifs is 1. The summed E-state index contributed by atoms with van der Waals surface area (Å²) in [6.45, 7) is 3.74. The minimum absolute atomic E-state index is 0.103. The number of imidazole rings is 1. The van der Waals surface area contributed by atoms with Crippen LogP contribution < -0.4 is 9.80 Å². The van der Waals surface area contributed by atoms with Gasteiger partial charge in [0.05, 0.1) is 28.6 Å². The van der Waals surface area contributed by atoms with Crippen molar-refractivity contribution in [3.63, 3.8) is 0 Å². The first-order valence-corrected chi connectivity index (χ1v) is 12.0. The summed E-state index contributed by atoms with van der Waals surface area (Å²) in [4.78, 5) is 33.4. The van der Waals surface area contributed by atoms with E-state index >= 15 is 0 Å². The maximum absolute atomic E-state index is 13.3. The topological polar surface area (TPSA) is 92.6 Å². The molecule has 0 saturated carbocycles. The second-order valence-electron chi connectivity index (χ2n) is 8.08. The Morgan fingerprint density at radius 3 is 2.25 bits per heavy atom. The van der Waals surface area contributed by atoms with Crippen LogP contribution in [-0.2, 0) is 21.7 Å². The van der Waals surface area contributed by atoms with Gasteiger partial charge in [-0.2, -0.15) is 0 Å². The molecule has 0 saturated heterocycles. The molecule has 0 fully saturated rings. The summed E-state index contributed by atoms with van der Waals surface area (Å²) in [6, 6.07) is 11.9. The molecule has 0 bridgehead atoms. The average molecular weight is 453 g/mol. The zero-order chi connectivity index (χ0) is 23.2. The van der Waals surface area contributed by atoms with Gasteiger partial charge in [0.15, 0.2) is 9.84 Å². The number of anilines is 2. The molecule has 0 N–H and O–H groups in total. The largest absolute Gasteiger partial charge is 0.340 e. The van der Waals surface area contributed by atoms with E-state index in [-0.39, 0.29) is 22.8 Å². The van der Waals surface area contributed by atoms with Crippen molar-refractivity contribution in [3.05, 3.63) is 60.7 Å². The minimum Gasteiger partial charge on any atom is -0.340 e. The van der Waals surface area contributed by atoms with E-state index in [4.69, 9.17) is 0 Å². The number of carbonyl (C=O) groups is 2. The highest BCUT2D eigenvalue weighted by Crippen LogP contribution is 2.39. The predicted molar refractivity (Wildman–Crippen MR) is 122 cm³/mol. The molecule has 2 heterocycles. The molecule has 32 heavy (non-hydrogen) atoms. The number of carbonyl (C=O) groups excluding carboxylic acids is 2. The minimum atomic E-state index is -3.29. The van der Waals surface area contributed by atoms with Gasteiger partial charge in [0.25, 0.3) is 5.91 Å². The lowest BCUT2D eigenvalue weighted by Crippen LogP contribution is -2.51. The van der Waals surface area contributed by atoms with Crippen molar-refractivity contribution in [1.82, 2.24) is 9.55 Å². The van der Waals surface area contributed by atoms with Crippen molar-refractivity contribution in [2.24, 2.45) is 7.05 Å². The summed E-state index contributed by atoms with van der Waals surface area (Å²) in [6.07, 6.45) is 4.40. The maximum Gasteiger partial charge on any atom is 0.278 e. The number of hydrogen-bond acceptors (Lipinski definition) is 5. The zero-order valence-corrected chi connectivity index (χ0v) is 19.1. The molecule has 1 aliphatic heterocycles. The van der Waals surface area contributed by atoms with E-state index in [0.717, 1.165) is 11.1 Å². The predicted octanol–water partition coefficient (Wildman–Crippen LogP) is 2.89. The van der Waals surface area contributed by atoms with Crippen LogP contribution in [0.3, 0.4) is 0 Å². The third-order valence-corrected chi connectivity index (χ3v) is 6.67. The molecule has 3 aromatic rings. The van der Waals surface area contributed by atoms with E-state index in [1.165, 1.54) is 13.2 Å². The molecule has 1 aromatic heterocycles. The van der Waals surface area contributed by atoms with Crippen LogP contribution in [0.5, 0.6) is 0 Å². The Morgan fingerprint density at radius 1 is 1.03 bits per heavy atom. The van der Waals surface area contributed by atoms with Crippen LogP contribution in [0.1, 0.15) is 24.3 Å². The summed E-state index contributed by atoms with van der Waals surface area (Å²) >= 11 is 0. The Morgan fingerprint density at radius 2 is 1.69 bits per heavy atom. The van der Waals surface area contributed by atoms with E-state index in [2.05, 4.69) is 4.98 Å². The highest BCUT2D eigenvalue weighted by molar-refractivity contribution is 7.90. The van der Waals surface area contributed by atoms with Gasteiger partial charge in [-0.25, -0.2) is 13.4 Å². The summed E-state index contributed by atoms with van der Waals surface area (Å²) in [5.41, 5.74) is 3.19. The van der Waals surface area contributed by atoms with Crippen molar-refractivity contribution < 1.29 is 18.0 Å². The van der Waals surface area contributed by atoms with Crippen LogP contribution in [0.25, 0.3) is 11.1 Å². The Labute approximate surface area is 187 Å². The molecule has 0 aliphatic carbocycles. The summed E-state index contributed by atoms with van der Waals surface area (Å²) in [5, 5.41) is 0. The smallest absolute Gasteiger partial charge is 0.278 e. The van der Waals surface area contributed by atoms with Gasteiger partial charge in [-0.05, 0) is 42.3 Å². The number of benzene rings is 2. The van der Waals surface area contributed by atoms with Gasteiger partial charge in [-0.1, -0.05) is 18.2 Å². The number of rotatable bonds is 3. The van der Waals surface area contributed by atoms with Crippen molar-refractivity contribution in [1.29, 1.82) is 0 Å². The Kier molecular flexibility index (Phi) is 5.37. The molecule has 2 aromatic carbocycles. The second kappa shape index (κ2) is 7.90. The van der Waals surface area contributed by atoms with Gasteiger partial charge in [0, 0.05) is 33.0 Å². The third kappa shape index (κ3) is 3.91. The Balaban J connectivity index is 1.81. The van der Waals surface area contributed by atoms with Gasteiger partial charge in [-0.15, -0.1) is 0 Å². The fourth-order valence-corrected chi connectivity index (χ4v) is 4.66. The summed E-state index contributed by atoms with van der Waals surface area (Å²) in [7, 11) is -1.50.